The summed E-state index contributed by atoms with van der Waals surface area (Å²) < 4.78 is 14.0. The average Bonchev–Trinajstić information content (AvgIpc) is 3.13. The molecule has 0 bridgehead atoms. The molecule has 4 aromatic rings. The SMILES string of the molecule is Cc1cc(OCCCCn2c(COc3ccc(Cl)cc3Cl)nc3ccccc32)ccc1Cl. The van der Waals surface area contributed by atoms with Crippen molar-refractivity contribution in [2.45, 2.75) is 32.9 Å². The van der Waals surface area contributed by atoms with Crippen LogP contribution in [0.15, 0.2) is 60.7 Å². The van der Waals surface area contributed by atoms with Crippen LogP contribution in [0.2, 0.25) is 15.1 Å². The van der Waals surface area contributed by atoms with Gasteiger partial charge in [-0.05, 0) is 73.9 Å². The van der Waals surface area contributed by atoms with Gasteiger partial charge in [-0.2, -0.15) is 0 Å². The summed E-state index contributed by atoms with van der Waals surface area (Å²) in [6.07, 6.45) is 1.86. The van der Waals surface area contributed by atoms with Gasteiger partial charge in [0.15, 0.2) is 0 Å². The van der Waals surface area contributed by atoms with Gasteiger partial charge < -0.3 is 14.0 Å². The Balaban J connectivity index is 1.39. The summed E-state index contributed by atoms with van der Waals surface area (Å²) in [5.41, 5.74) is 3.04. The maximum absolute atomic E-state index is 6.24. The van der Waals surface area contributed by atoms with Crippen molar-refractivity contribution >= 4 is 45.8 Å². The molecule has 0 N–H and O–H groups in total. The van der Waals surface area contributed by atoms with Gasteiger partial charge in [-0.3, -0.25) is 0 Å². The zero-order valence-electron chi connectivity index (χ0n) is 17.7. The second-order valence-corrected chi connectivity index (χ2v) is 8.75. The number of unbranched alkanes of at least 4 members (excludes halogenated alkanes) is 1. The maximum atomic E-state index is 6.24. The average molecular weight is 490 g/mol. The third kappa shape index (κ3) is 5.50. The third-order valence-corrected chi connectivity index (χ3v) is 6.11. The molecule has 3 aromatic carbocycles. The van der Waals surface area contributed by atoms with Gasteiger partial charge >= 0.3 is 0 Å². The number of aryl methyl sites for hydroxylation is 2. The summed E-state index contributed by atoms with van der Waals surface area (Å²) in [5, 5.41) is 1.80. The number of hydrogen-bond acceptors (Lipinski definition) is 3. The number of nitrogens with zero attached hydrogens (tertiary/aromatic N) is 2. The van der Waals surface area contributed by atoms with E-state index in [-0.39, 0.29) is 0 Å². The van der Waals surface area contributed by atoms with E-state index in [1.54, 1.807) is 18.2 Å². The molecule has 0 aliphatic carbocycles. The molecule has 0 atom stereocenters. The smallest absolute Gasteiger partial charge is 0.147 e. The summed E-state index contributed by atoms with van der Waals surface area (Å²) >= 11 is 18.3. The van der Waals surface area contributed by atoms with Crippen molar-refractivity contribution < 1.29 is 9.47 Å². The van der Waals surface area contributed by atoms with Gasteiger partial charge in [0.2, 0.25) is 0 Å². The number of halogens is 3. The van der Waals surface area contributed by atoms with E-state index < -0.39 is 0 Å². The van der Waals surface area contributed by atoms with Gasteiger partial charge in [0.1, 0.15) is 23.9 Å². The van der Waals surface area contributed by atoms with E-state index >= 15 is 0 Å². The number of rotatable bonds is 9. The zero-order valence-corrected chi connectivity index (χ0v) is 19.9. The first-order valence-corrected chi connectivity index (χ1v) is 11.6. The Hall–Kier alpha value is -2.40. The Morgan fingerprint density at radius 2 is 1.72 bits per heavy atom. The number of ether oxygens (including phenoxy) is 2. The number of aromatic nitrogens is 2. The second kappa shape index (κ2) is 10.5. The van der Waals surface area contributed by atoms with Crippen molar-refractivity contribution in [3.05, 3.63) is 87.1 Å². The number of imidazole rings is 1. The molecule has 0 aliphatic rings. The quantitative estimate of drug-likeness (QED) is 0.226. The molecule has 166 valence electrons. The minimum atomic E-state index is 0.316. The molecule has 1 aromatic heterocycles. The Bertz CT molecular complexity index is 1220. The topological polar surface area (TPSA) is 36.3 Å². The van der Waals surface area contributed by atoms with Crippen molar-refractivity contribution in [3.63, 3.8) is 0 Å². The van der Waals surface area contributed by atoms with Crippen LogP contribution < -0.4 is 9.47 Å². The minimum absolute atomic E-state index is 0.316. The second-order valence-electron chi connectivity index (χ2n) is 7.50. The van der Waals surface area contributed by atoms with Crippen LogP contribution in [0.3, 0.4) is 0 Å². The standard InChI is InChI=1S/C25H23Cl3N2O2/c1-17-14-19(9-10-20(17)27)31-13-5-4-12-30-23-7-3-2-6-22(23)29-25(30)16-32-24-11-8-18(26)15-21(24)28/h2-3,6-11,14-15H,4-5,12-13,16H2,1H3. The first kappa shape index (κ1) is 22.8. The predicted molar refractivity (Wildman–Crippen MR) is 131 cm³/mol. The molecule has 0 spiro atoms. The molecule has 0 radical (unpaired) electrons. The largest absolute Gasteiger partial charge is 0.494 e. The van der Waals surface area contributed by atoms with E-state index in [2.05, 4.69) is 10.6 Å². The molecule has 0 saturated heterocycles. The molecule has 1 heterocycles. The molecule has 0 fully saturated rings. The van der Waals surface area contributed by atoms with E-state index in [0.29, 0.717) is 29.0 Å². The lowest BCUT2D eigenvalue weighted by Crippen LogP contribution is -2.09. The van der Waals surface area contributed by atoms with Crippen LogP contribution in [0.1, 0.15) is 24.2 Å². The van der Waals surface area contributed by atoms with Crippen LogP contribution in [0, 0.1) is 6.92 Å². The van der Waals surface area contributed by atoms with Gasteiger partial charge in [-0.1, -0.05) is 46.9 Å². The lowest BCUT2D eigenvalue weighted by atomic mass is 10.2. The summed E-state index contributed by atoms with van der Waals surface area (Å²) in [7, 11) is 0. The summed E-state index contributed by atoms with van der Waals surface area (Å²) in [4.78, 5) is 4.76. The fourth-order valence-electron chi connectivity index (χ4n) is 3.49. The molecule has 0 aliphatic heterocycles. The highest BCUT2D eigenvalue weighted by Gasteiger charge is 2.12. The predicted octanol–water partition coefficient (Wildman–Crippen LogP) is 7.74. The molecule has 0 unspecified atom stereocenters. The van der Waals surface area contributed by atoms with Crippen molar-refractivity contribution in [2.75, 3.05) is 6.61 Å². The van der Waals surface area contributed by atoms with Crippen molar-refractivity contribution in [1.82, 2.24) is 9.55 Å². The normalized spacial score (nSPS) is 11.1. The Morgan fingerprint density at radius 1 is 0.875 bits per heavy atom. The van der Waals surface area contributed by atoms with Gasteiger partial charge in [0.25, 0.3) is 0 Å². The van der Waals surface area contributed by atoms with E-state index in [0.717, 1.165) is 52.6 Å². The van der Waals surface area contributed by atoms with Crippen molar-refractivity contribution in [2.24, 2.45) is 0 Å². The van der Waals surface area contributed by atoms with E-state index in [1.165, 1.54) is 0 Å². The Kier molecular flexibility index (Phi) is 7.46. The van der Waals surface area contributed by atoms with Gasteiger partial charge in [-0.15, -0.1) is 0 Å². The van der Waals surface area contributed by atoms with Gasteiger partial charge in [0.05, 0.1) is 22.7 Å². The number of benzene rings is 3. The molecular formula is C25H23Cl3N2O2. The molecule has 32 heavy (non-hydrogen) atoms. The molecule has 4 rings (SSSR count). The van der Waals surface area contributed by atoms with Gasteiger partial charge in [-0.25, -0.2) is 4.98 Å². The van der Waals surface area contributed by atoms with Crippen LogP contribution in [-0.4, -0.2) is 16.2 Å². The Morgan fingerprint density at radius 3 is 2.53 bits per heavy atom. The van der Waals surface area contributed by atoms with E-state index in [9.17, 15) is 0 Å². The first-order valence-electron chi connectivity index (χ1n) is 10.4. The molecule has 0 saturated carbocycles. The summed E-state index contributed by atoms with van der Waals surface area (Å²) in [5.74, 6) is 2.28. The first-order chi connectivity index (χ1) is 15.5. The number of hydrogen-bond donors (Lipinski definition) is 0. The highest BCUT2D eigenvalue weighted by atomic mass is 35.5. The molecule has 7 heteroatoms. The Labute approximate surface area is 202 Å². The van der Waals surface area contributed by atoms with Crippen LogP contribution in [0.4, 0.5) is 0 Å². The number of para-hydroxylation sites is 2. The van der Waals surface area contributed by atoms with E-state index in [4.69, 9.17) is 49.3 Å². The highest BCUT2D eigenvalue weighted by molar-refractivity contribution is 6.35. The van der Waals surface area contributed by atoms with Crippen LogP contribution in [-0.2, 0) is 13.2 Å². The summed E-state index contributed by atoms with van der Waals surface area (Å²) in [6.45, 7) is 3.74. The third-order valence-electron chi connectivity index (χ3n) is 5.16. The van der Waals surface area contributed by atoms with Crippen LogP contribution >= 0.6 is 34.8 Å². The van der Waals surface area contributed by atoms with Crippen molar-refractivity contribution in [1.29, 1.82) is 0 Å². The van der Waals surface area contributed by atoms with E-state index in [1.807, 2.05) is 43.3 Å². The minimum Gasteiger partial charge on any atom is -0.494 e. The molecule has 0 amide bonds. The monoisotopic (exact) mass is 488 g/mol. The maximum Gasteiger partial charge on any atom is 0.147 e. The molecule has 4 nitrogen and oxygen atoms in total. The van der Waals surface area contributed by atoms with Gasteiger partial charge in [0, 0.05) is 16.6 Å². The van der Waals surface area contributed by atoms with Crippen molar-refractivity contribution in [3.8, 4) is 11.5 Å². The fraction of sp³-hybridized carbons (Fsp3) is 0.240. The highest BCUT2D eigenvalue weighted by Crippen LogP contribution is 2.28. The van der Waals surface area contributed by atoms with Crippen LogP contribution in [0.5, 0.6) is 11.5 Å². The number of fused-ring (bicyclic) bond motifs is 1. The van der Waals surface area contributed by atoms with Crippen LogP contribution in [0.25, 0.3) is 11.0 Å². The zero-order chi connectivity index (χ0) is 22.5. The lowest BCUT2D eigenvalue weighted by Gasteiger charge is -2.12. The summed E-state index contributed by atoms with van der Waals surface area (Å²) in [6, 6.07) is 19.0. The molecular weight excluding hydrogens is 467 g/mol. The fourth-order valence-corrected chi connectivity index (χ4v) is 4.07. The lowest BCUT2D eigenvalue weighted by molar-refractivity contribution is 0.285.